The zero-order valence-corrected chi connectivity index (χ0v) is 13.6. The van der Waals surface area contributed by atoms with Gasteiger partial charge in [-0.25, -0.2) is 18.2 Å². The van der Waals surface area contributed by atoms with Crippen molar-refractivity contribution in [3.8, 4) is 11.5 Å². The van der Waals surface area contributed by atoms with Crippen LogP contribution in [-0.2, 0) is 10.0 Å². The summed E-state index contributed by atoms with van der Waals surface area (Å²) in [5.74, 6) is -0.882. The van der Waals surface area contributed by atoms with Gasteiger partial charge in [-0.15, -0.1) is 10.2 Å². The SMILES string of the molecule is CC[C@H](C)Nc1cc(C(=O)O)cc(-c2nnn(S(C)(=O)=O)n2)n1. The van der Waals surface area contributed by atoms with Gasteiger partial charge in [0, 0.05) is 6.04 Å². The van der Waals surface area contributed by atoms with Crippen LogP contribution in [0, 0.1) is 0 Å². The molecular formula is C12H16N6O4S. The summed E-state index contributed by atoms with van der Waals surface area (Å²) in [4.78, 5) is 15.5. The van der Waals surface area contributed by atoms with Crippen molar-refractivity contribution < 1.29 is 18.3 Å². The molecule has 2 N–H and O–H groups in total. The molecule has 0 aliphatic rings. The van der Waals surface area contributed by atoms with E-state index in [2.05, 4.69) is 25.7 Å². The standard InChI is InChI=1S/C12H16N6O4S/c1-4-7(2)13-10-6-8(12(19)20)5-9(14-10)11-15-17-18(16-11)23(3,21)22/h5-7H,4H2,1-3H3,(H,13,14)(H,19,20)/t7-/m0/s1. The van der Waals surface area contributed by atoms with Gasteiger partial charge in [-0.05, 0) is 34.9 Å². The molecule has 0 aliphatic carbocycles. The van der Waals surface area contributed by atoms with Crippen LogP contribution in [0.2, 0.25) is 0 Å². The van der Waals surface area contributed by atoms with E-state index in [0.29, 0.717) is 10.0 Å². The highest BCUT2D eigenvalue weighted by Gasteiger charge is 2.17. The van der Waals surface area contributed by atoms with Gasteiger partial charge >= 0.3 is 5.97 Å². The third-order valence-corrected chi connectivity index (χ3v) is 3.75. The average molecular weight is 340 g/mol. The molecular weight excluding hydrogens is 324 g/mol. The zero-order valence-electron chi connectivity index (χ0n) is 12.8. The second-order valence-corrected chi connectivity index (χ2v) is 6.78. The number of carbonyl (C=O) groups is 1. The lowest BCUT2D eigenvalue weighted by Crippen LogP contribution is -2.15. The van der Waals surface area contributed by atoms with E-state index in [1.165, 1.54) is 12.1 Å². The van der Waals surface area contributed by atoms with Crippen LogP contribution in [0.25, 0.3) is 11.5 Å². The molecule has 0 saturated carbocycles. The van der Waals surface area contributed by atoms with Crippen LogP contribution >= 0.6 is 0 Å². The van der Waals surface area contributed by atoms with Gasteiger partial charge in [0.25, 0.3) is 10.0 Å². The fourth-order valence-corrected chi connectivity index (χ4v) is 2.04. The second kappa shape index (κ2) is 6.28. The number of pyridine rings is 1. The molecule has 10 nitrogen and oxygen atoms in total. The normalized spacial score (nSPS) is 12.8. The van der Waals surface area contributed by atoms with Gasteiger partial charge in [0.2, 0.25) is 5.82 Å². The molecule has 124 valence electrons. The second-order valence-electron chi connectivity index (χ2n) is 4.98. The molecule has 11 heteroatoms. The summed E-state index contributed by atoms with van der Waals surface area (Å²) in [6.07, 6.45) is 1.74. The maximum Gasteiger partial charge on any atom is 0.335 e. The molecule has 0 aromatic carbocycles. The van der Waals surface area contributed by atoms with Gasteiger partial charge in [0.1, 0.15) is 11.5 Å². The summed E-state index contributed by atoms with van der Waals surface area (Å²) < 4.78 is 23.2. The highest BCUT2D eigenvalue weighted by atomic mass is 32.2. The summed E-state index contributed by atoms with van der Waals surface area (Å²) in [7, 11) is -3.68. The summed E-state index contributed by atoms with van der Waals surface area (Å²) >= 11 is 0. The van der Waals surface area contributed by atoms with Crippen molar-refractivity contribution in [2.24, 2.45) is 0 Å². The molecule has 23 heavy (non-hydrogen) atoms. The number of aromatic carboxylic acids is 1. The van der Waals surface area contributed by atoms with E-state index < -0.39 is 16.0 Å². The van der Waals surface area contributed by atoms with Crippen LogP contribution in [0.15, 0.2) is 12.1 Å². The van der Waals surface area contributed by atoms with Crippen molar-refractivity contribution in [2.45, 2.75) is 26.3 Å². The van der Waals surface area contributed by atoms with Crippen molar-refractivity contribution >= 4 is 21.8 Å². The summed E-state index contributed by atoms with van der Waals surface area (Å²) in [6, 6.07) is 2.73. The first-order chi connectivity index (χ1) is 10.7. The van der Waals surface area contributed by atoms with Gasteiger partial charge in [-0.2, -0.15) is 0 Å². The highest BCUT2D eigenvalue weighted by Crippen LogP contribution is 2.19. The molecule has 0 unspecified atom stereocenters. The van der Waals surface area contributed by atoms with E-state index in [0.717, 1.165) is 12.7 Å². The van der Waals surface area contributed by atoms with Gasteiger partial charge in [0.05, 0.1) is 11.8 Å². The lowest BCUT2D eigenvalue weighted by atomic mass is 10.2. The number of carboxylic acids is 1. The Labute approximate surface area is 132 Å². The van der Waals surface area contributed by atoms with Crippen molar-refractivity contribution in [1.29, 1.82) is 0 Å². The Bertz CT molecular complexity index is 832. The molecule has 2 aromatic rings. The van der Waals surface area contributed by atoms with Gasteiger partial charge < -0.3 is 10.4 Å². The Kier molecular flexibility index (Phi) is 4.59. The minimum absolute atomic E-state index is 0.0171. The van der Waals surface area contributed by atoms with Crippen molar-refractivity contribution in [1.82, 2.24) is 24.6 Å². The molecule has 2 aromatic heterocycles. The Balaban J connectivity index is 2.48. The monoisotopic (exact) mass is 340 g/mol. The van der Waals surface area contributed by atoms with Gasteiger partial charge in [-0.3, -0.25) is 0 Å². The Morgan fingerprint density at radius 2 is 2.13 bits per heavy atom. The fraction of sp³-hybridized carbons (Fsp3) is 0.417. The first-order valence-electron chi connectivity index (χ1n) is 6.73. The number of tetrazole rings is 1. The van der Waals surface area contributed by atoms with Crippen LogP contribution in [0.4, 0.5) is 5.82 Å². The summed E-state index contributed by atoms with van der Waals surface area (Å²) in [5, 5.41) is 23.0. The number of hydrogen-bond acceptors (Lipinski definition) is 8. The van der Waals surface area contributed by atoms with E-state index >= 15 is 0 Å². The molecule has 0 aliphatic heterocycles. The van der Waals surface area contributed by atoms with Gasteiger partial charge in [-0.1, -0.05) is 6.92 Å². The average Bonchev–Trinajstić information content (AvgIpc) is 2.96. The van der Waals surface area contributed by atoms with Crippen LogP contribution in [-0.4, -0.2) is 56.4 Å². The molecule has 2 rings (SSSR count). The molecule has 0 amide bonds. The van der Waals surface area contributed by atoms with E-state index in [1.807, 2.05) is 13.8 Å². The number of nitrogens with zero attached hydrogens (tertiary/aromatic N) is 5. The number of aromatic nitrogens is 5. The molecule has 0 bridgehead atoms. The minimum atomic E-state index is -3.68. The summed E-state index contributed by atoms with van der Waals surface area (Å²) in [6.45, 7) is 3.89. The Hall–Kier alpha value is -2.56. The fourth-order valence-electron chi connectivity index (χ4n) is 1.64. The molecule has 0 spiro atoms. The van der Waals surface area contributed by atoms with Gasteiger partial charge in [0.15, 0.2) is 0 Å². The number of nitrogens with one attached hydrogen (secondary N) is 1. The number of rotatable bonds is 6. The number of carboxylic acid groups (broad SMARTS) is 1. The van der Waals surface area contributed by atoms with Crippen LogP contribution < -0.4 is 5.32 Å². The van der Waals surface area contributed by atoms with Crippen molar-refractivity contribution in [2.75, 3.05) is 11.6 Å². The lowest BCUT2D eigenvalue weighted by Gasteiger charge is -2.13. The predicted octanol–water partition coefficient (Wildman–Crippen LogP) is 0.451. The molecule has 2 heterocycles. The number of hydrogen-bond donors (Lipinski definition) is 2. The van der Waals surface area contributed by atoms with Crippen molar-refractivity contribution in [3.63, 3.8) is 0 Å². The van der Waals surface area contributed by atoms with Crippen LogP contribution in [0.3, 0.4) is 0 Å². The Morgan fingerprint density at radius 3 is 2.65 bits per heavy atom. The third kappa shape index (κ3) is 4.00. The van der Waals surface area contributed by atoms with Crippen LogP contribution in [0.5, 0.6) is 0 Å². The van der Waals surface area contributed by atoms with Crippen molar-refractivity contribution in [3.05, 3.63) is 17.7 Å². The molecule has 0 fully saturated rings. The van der Waals surface area contributed by atoms with E-state index in [-0.39, 0.29) is 23.1 Å². The molecule has 1 atom stereocenters. The quantitative estimate of drug-likeness (QED) is 0.766. The first kappa shape index (κ1) is 16.8. The molecule has 0 radical (unpaired) electrons. The Morgan fingerprint density at radius 1 is 1.43 bits per heavy atom. The molecule has 0 saturated heterocycles. The van der Waals surface area contributed by atoms with E-state index in [9.17, 15) is 18.3 Å². The van der Waals surface area contributed by atoms with E-state index in [1.54, 1.807) is 0 Å². The predicted molar refractivity (Wildman–Crippen MR) is 81.6 cm³/mol. The maximum absolute atomic E-state index is 11.4. The largest absolute Gasteiger partial charge is 0.478 e. The maximum atomic E-state index is 11.4. The van der Waals surface area contributed by atoms with E-state index in [4.69, 9.17) is 0 Å². The minimum Gasteiger partial charge on any atom is -0.478 e. The third-order valence-electron chi connectivity index (χ3n) is 3.00. The summed E-state index contributed by atoms with van der Waals surface area (Å²) in [5.41, 5.74) is 0.0992. The topological polar surface area (TPSA) is 140 Å². The number of anilines is 1. The smallest absolute Gasteiger partial charge is 0.335 e. The van der Waals surface area contributed by atoms with Crippen LogP contribution in [0.1, 0.15) is 30.6 Å². The lowest BCUT2D eigenvalue weighted by molar-refractivity contribution is 0.0697. The highest BCUT2D eigenvalue weighted by molar-refractivity contribution is 7.88. The zero-order chi connectivity index (χ0) is 17.2. The first-order valence-corrected chi connectivity index (χ1v) is 8.58.